The Morgan fingerprint density at radius 2 is 2.04 bits per heavy atom. The van der Waals surface area contributed by atoms with Gasteiger partial charge in [0, 0.05) is 24.4 Å². The Kier molecular flexibility index (Phi) is 4.94. The second-order valence-corrected chi connectivity index (χ2v) is 5.57. The predicted molar refractivity (Wildman–Crippen MR) is 75.9 cm³/mol. The topological polar surface area (TPSA) is 85.1 Å². The number of halogens is 3. The number of carbonyl (C=O) groups is 1. The van der Waals surface area contributed by atoms with Crippen LogP contribution in [0.5, 0.6) is 0 Å². The summed E-state index contributed by atoms with van der Waals surface area (Å²) in [6, 6.07) is 0.371. The molecule has 0 fully saturated rings. The highest BCUT2D eigenvalue weighted by molar-refractivity contribution is 7.09. The number of hydrogen-bond acceptors (Lipinski definition) is 5. The highest BCUT2D eigenvalue weighted by Crippen LogP contribution is 2.25. The fourth-order valence-electron chi connectivity index (χ4n) is 1.81. The lowest BCUT2D eigenvalue weighted by Crippen LogP contribution is -2.27. The van der Waals surface area contributed by atoms with Crippen LogP contribution in [0.3, 0.4) is 0 Å². The highest BCUT2D eigenvalue weighted by Gasteiger charge is 2.28. The number of nitro groups is 1. The van der Waals surface area contributed by atoms with E-state index in [9.17, 15) is 28.1 Å². The molecule has 1 amide bonds. The van der Waals surface area contributed by atoms with Crippen molar-refractivity contribution in [1.82, 2.24) is 10.3 Å². The first kappa shape index (κ1) is 16.9. The van der Waals surface area contributed by atoms with Gasteiger partial charge in [-0.1, -0.05) is 0 Å². The molecule has 2 aromatic rings. The fourth-order valence-corrected chi connectivity index (χ4v) is 2.46. The molecule has 1 N–H and O–H groups in total. The van der Waals surface area contributed by atoms with Crippen LogP contribution in [0.15, 0.2) is 11.4 Å². The minimum atomic E-state index is -2.06. The van der Waals surface area contributed by atoms with Gasteiger partial charge in [-0.3, -0.25) is 14.9 Å². The summed E-state index contributed by atoms with van der Waals surface area (Å²) in [6.07, 6.45) is 0.351. The summed E-state index contributed by atoms with van der Waals surface area (Å²) < 4.78 is 40.2. The summed E-state index contributed by atoms with van der Waals surface area (Å²) in [5.74, 6) is -6.84. The second-order valence-electron chi connectivity index (χ2n) is 4.51. The zero-order valence-corrected chi connectivity index (χ0v) is 12.5. The molecule has 0 atom stereocenters. The quantitative estimate of drug-likeness (QED) is 0.513. The van der Waals surface area contributed by atoms with Crippen molar-refractivity contribution in [3.05, 3.63) is 55.3 Å². The molecule has 122 valence electrons. The van der Waals surface area contributed by atoms with E-state index in [1.807, 2.05) is 6.92 Å². The van der Waals surface area contributed by atoms with Crippen molar-refractivity contribution in [3.8, 4) is 0 Å². The van der Waals surface area contributed by atoms with Gasteiger partial charge in [-0.2, -0.15) is 4.39 Å². The highest BCUT2D eigenvalue weighted by atomic mass is 32.1. The molecule has 0 aliphatic rings. The Morgan fingerprint density at radius 3 is 2.61 bits per heavy atom. The first-order chi connectivity index (χ1) is 10.8. The molecule has 1 aromatic heterocycles. The molecule has 0 aliphatic carbocycles. The average molecular weight is 345 g/mol. The van der Waals surface area contributed by atoms with Crippen molar-refractivity contribution in [1.29, 1.82) is 0 Å². The molecule has 6 nitrogen and oxygen atoms in total. The van der Waals surface area contributed by atoms with Gasteiger partial charge >= 0.3 is 5.69 Å². The van der Waals surface area contributed by atoms with Gasteiger partial charge in [-0.25, -0.2) is 13.8 Å². The van der Waals surface area contributed by atoms with Crippen LogP contribution in [0.2, 0.25) is 0 Å². The minimum Gasteiger partial charge on any atom is -0.352 e. The summed E-state index contributed by atoms with van der Waals surface area (Å²) in [6.45, 7) is 1.87. The van der Waals surface area contributed by atoms with Gasteiger partial charge in [-0.05, 0) is 6.92 Å². The standard InChI is InChI=1S/C13H10F3N3O3S/c1-6-18-7(5-23-6)2-3-17-13(20)8-4-9(19(21)22)11(15)12(16)10(8)14/h4-5H,2-3H2,1H3,(H,17,20). The SMILES string of the molecule is Cc1nc(CCNC(=O)c2cc([N+](=O)[O-])c(F)c(F)c2F)cs1. The van der Waals surface area contributed by atoms with E-state index in [2.05, 4.69) is 10.3 Å². The normalized spacial score (nSPS) is 10.6. The minimum absolute atomic E-state index is 0.0637. The number of nitrogens with zero attached hydrogens (tertiary/aromatic N) is 2. The number of carbonyl (C=O) groups excluding carboxylic acids is 1. The lowest BCUT2D eigenvalue weighted by Gasteiger charge is -2.06. The predicted octanol–water partition coefficient (Wildman–Crippen LogP) is 2.75. The smallest absolute Gasteiger partial charge is 0.308 e. The average Bonchev–Trinajstić information content (AvgIpc) is 2.90. The van der Waals surface area contributed by atoms with Crippen molar-refractivity contribution in [2.24, 2.45) is 0 Å². The van der Waals surface area contributed by atoms with E-state index in [0.29, 0.717) is 18.2 Å². The fraction of sp³-hybridized carbons (Fsp3) is 0.231. The van der Waals surface area contributed by atoms with Gasteiger partial charge in [0.2, 0.25) is 11.6 Å². The van der Waals surface area contributed by atoms with Crippen LogP contribution in [0.4, 0.5) is 18.9 Å². The van der Waals surface area contributed by atoms with Gasteiger partial charge in [-0.15, -0.1) is 11.3 Å². The summed E-state index contributed by atoms with van der Waals surface area (Å²) in [7, 11) is 0. The van der Waals surface area contributed by atoms with Crippen molar-refractivity contribution >= 4 is 22.9 Å². The third-order valence-electron chi connectivity index (χ3n) is 2.90. The first-order valence-electron chi connectivity index (χ1n) is 6.32. The third-order valence-corrected chi connectivity index (χ3v) is 3.72. The van der Waals surface area contributed by atoms with Crippen molar-refractivity contribution in [3.63, 3.8) is 0 Å². The van der Waals surface area contributed by atoms with E-state index < -0.39 is 39.5 Å². The number of hydrogen-bond donors (Lipinski definition) is 1. The Labute approximate surface area is 132 Å². The lowest BCUT2D eigenvalue weighted by atomic mass is 10.1. The summed E-state index contributed by atoms with van der Waals surface area (Å²) >= 11 is 1.42. The molecule has 10 heteroatoms. The number of amides is 1. The molecule has 0 saturated carbocycles. The molecular formula is C13H10F3N3O3S. The number of nitrogens with one attached hydrogen (secondary N) is 1. The van der Waals surface area contributed by atoms with Crippen LogP contribution >= 0.6 is 11.3 Å². The Hall–Kier alpha value is -2.49. The van der Waals surface area contributed by atoms with Gasteiger partial charge in [0.1, 0.15) is 0 Å². The monoisotopic (exact) mass is 345 g/mol. The van der Waals surface area contributed by atoms with Crippen LogP contribution in [0.1, 0.15) is 21.1 Å². The molecule has 23 heavy (non-hydrogen) atoms. The Morgan fingerprint density at radius 1 is 1.35 bits per heavy atom. The van der Waals surface area contributed by atoms with Crippen LogP contribution < -0.4 is 5.32 Å². The van der Waals surface area contributed by atoms with Crippen LogP contribution in [-0.2, 0) is 6.42 Å². The van der Waals surface area contributed by atoms with Crippen LogP contribution in [0.25, 0.3) is 0 Å². The molecule has 0 unspecified atom stereocenters. The lowest BCUT2D eigenvalue weighted by molar-refractivity contribution is -0.387. The van der Waals surface area contributed by atoms with Crippen molar-refractivity contribution in [2.45, 2.75) is 13.3 Å². The number of aryl methyl sites for hydroxylation is 1. The Bertz CT molecular complexity index is 779. The van der Waals surface area contributed by atoms with Gasteiger partial charge in [0.25, 0.3) is 5.91 Å². The van der Waals surface area contributed by atoms with Gasteiger partial charge < -0.3 is 5.32 Å². The third kappa shape index (κ3) is 3.65. The molecule has 1 aromatic carbocycles. The molecule has 0 spiro atoms. The molecule has 0 saturated heterocycles. The van der Waals surface area contributed by atoms with E-state index in [1.165, 1.54) is 11.3 Å². The van der Waals surface area contributed by atoms with E-state index in [-0.39, 0.29) is 6.54 Å². The maximum absolute atomic E-state index is 13.6. The summed E-state index contributed by atoms with van der Waals surface area (Å²) in [4.78, 5) is 25.3. The Balaban J connectivity index is 2.14. The molecule has 2 rings (SSSR count). The number of aromatic nitrogens is 1. The second kappa shape index (κ2) is 6.73. The zero-order valence-electron chi connectivity index (χ0n) is 11.7. The molecule has 1 heterocycles. The van der Waals surface area contributed by atoms with E-state index in [4.69, 9.17) is 0 Å². The maximum atomic E-state index is 13.6. The number of thiazole rings is 1. The van der Waals surface area contributed by atoms with E-state index >= 15 is 0 Å². The van der Waals surface area contributed by atoms with Gasteiger partial charge in [0.15, 0.2) is 5.82 Å². The zero-order chi connectivity index (χ0) is 17.1. The van der Waals surface area contributed by atoms with Gasteiger partial charge in [0.05, 0.1) is 21.2 Å². The number of benzene rings is 1. The number of rotatable bonds is 5. The van der Waals surface area contributed by atoms with Crippen molar-refractivity contribution < 1.29 is 22.9 Å². The first-order valence-corrected chi connectivity index (χ1v) is 7.20. The maximum Gasteiger partial charge on any atom is 0.308 e. The molecule has 0 aliphatic heterocycles. The molecule has 0 bridgehead atoms. The van der Waals surface area contributed by atoms with Crippen LogP contribution in [0, 0.1) is 34.5 Å². The molecular weight excluding hydrogens is 335 g/mol. The van der Waals surface area contributed by atoms with E-state index in [1.54, 1.807) is 5.38 Å². The summed E-state index contributed by atoms with van der Waals surface area (Å²) in [5.41, 5.74) is -1.52. The largest absolute Gasteiger partial charge is 0.352 e. The molecule has 0 radical (unpaired) electrons. The number of nitro benzene ring substituents is 1. The van der Waals surface area contributed by atoms with Crippen LogP contribution in [-0.4, -0.2) is 22.4 Å². The van der Waals surface area contributed by atoms with Crippen molar-refractivity contribution in [2.75, 3.05) is 6.54 Å². The summed E-state index contributed by atoms with van der Waals surface area (Å²) in [5, 5.41) is 15.5. The van der Waals surface area contributed by atoms with E-state index in [0.717, 1.165) is 5.01 Å².